The summed E-state index contributed by atoms with van der Waals surface area (Å²) >= 11 is 0. The minimum Gasteiger partial charge on any atom is -0.490 e. The Balaban J connectivity index is 1.21. The molecule has 0 bridgehead atoms. The summed E-state index contributed by atoms with van der Waals surface area (Å²) in [4.78, 5) is 39.1. The molecule has 5 rings (SSSR count). The predicted molar refractivity (Wildman–Crippen MR) is 156 cm³/mol. The van der Waals surface area contributed by atoms with Crippen molar-refractivity contribution in [2.75, 3.05) is 46.6 Å². The van der Waals surface area contributed by atoms with Gasteiger partial charge in [-0.25, -0.2) is 8.78 Å². The van der Waals surface area contributed by atoms with Gasteiger partial charge in [-0.05, 0) is 36.4 Å². The quantitative estimate of drug-likeness (QED) is 0.134. The number of methoxy groups -OCH3 is 1. The third-order valence-corrected chi connectivity index (χ3v) is 7.16. The van der Waals surface area contributed by atoms with Crippen molar-refractivity contribution in [1.29, 1.82) is 0 Å². The maximum absolute atomic E-state index is 14.8. The van der Waals surface area contributed by atoms with E-state index in [-0.39, 0.29) is 42.0 Å². The van der Waals surface area contributed by atoms with Crippen molar-refractivity contribution in [3.63, 3.8) is 0 Å². The predicted octanol–water partition coefficient (Wildman–Crippen LogP) is 2.61. The van der Waals surface area contributed by atoms with E-state index < -0.39 is 34.9 Å². The van der Waals surface area contributed by atoms with Gasteiger partial charge in [0.05, 0.1) is 43.6 Å². The van der Waals surface area contributed by atoms with Crippen LogP contribution in [0, 0.1) is 11.6 Å². The average molecular weight is 608 g/mol. The van der Waals surface area contributed by atoms with Gasteiger partial charge in [0.15, 0.2) is 17.4 Å². The van der Waals surface area contributed by atoms with Crippen LogP contribution in [0.5, 0.6) is 5.75 Å². The van der Waals surface area contributed by atoms with Crippen LogP contribution in [-0.2, 0) is 9.47 Å². The monoisotopic (exact) mass is 607 g/mol. The smallest absolute Gasteiger partial charge is 0.251 e. The second-order valence-corrected chi connectivity index (χ2v) is 10.1. The number of aromatic amines is 1. The van der Waals surface area contributed by atoms with Crippen LogP contribution in [0.15, 0.2) is 60.8 Å². The molecule has 1 aromatic heterocycles. The van der Waals surface area contributed by atoms with E-state index in [4.69, 9.17) is 14.2 Å². The highest BCUT2D eigenvalue weighted by atomic mass is 19.2. The molecule has 0 aliphatic carbocycles. The van der Waals surface area contributed by atoms with E-state index in [1.54, 1.807) is 24.4 Å². The number of ketones is 1. The highest BCUT2D eigenvalue weighted by Gasteiger charge is 2.30. The summed E-state index contributed by atoms with van der Waals surface area (Å²) in [5.41, 5.74) is 0.919. The lowest BCUT2D eigenvalue weighted by Crippen LogP contribution is -2.51. The van der Waals surface area contributed by atoms with E-state index >= 15 is 0 Å². The highest BCUT2D eigenvalue weighted by Crippen LogP contribution is 2.27. The van der Waals surface area contributed by atoms with Gasteiger partial charge in [-0.1, -0.05) is 18.2 Å². The number of nitrogens with zero attached hydrogens (tertiary/aromatic N) is 1. The summed E-state index contributed by atoms with van der Waals surface area (Å²) in [7, 11) is 1.54. The third-order valence-electron chi connectivity index (χ3n) is 7.16. The van der Waals surface area contributed by atoms with Crippen LogP contribution in [-0.4, -0.2) is 86.5 Å². The molecule has 2 atom stereocenters. The summed E-state index contributed by atoms with van der Waals surface area (Å²) in [5.74, 6) is -4.17. The second-order valence-electron chi connectivity index (χ2n) is 10.1. The average Bonchev–Trinajstić information content (AvgIpc) is 3.69. The van der Waals surface area contributed by atoms with E-state index in [0.717, 1.165) is 17.0 Å². The van der Waals surface area contributed by atoms with Gasteiger partial charge in [-0.15, -0.1) is 0 Å². The fourth-order valence-electron chi connectivity index (χ4n) is 4.80. The van der Waals surface area contributed by atoms with Crippen molar-refractivity contribution in [2.45, 2.75) is 12.1 Å². The maximum Gasteiger partial charge on any atom is 0.251 e. The van der Waals surface area contributed by atoms with Gasteiger partial charge in [0.25, 0.3) is 11.8 Å². The molecule has 3 aromatic carbocycles. The molecule has 0 radical (unpaired) electrons. The molecule has 4 aromatic rings. The van der Waals surface area contributed by atoms with Gasteiger partial charge in [-0.3, -0.25) is 19.5 Å². The van der Waals surface area contributed by atoms with Gasteiger partial charge in [-0.2, -0.15) is 5.10 Å². The molecule has 1 aliphatic rings. The molecule has 0 spiro atoms. The van der Waals surface area contributed by atoms with Gasteiger partial charge < -0.3 is 30.2 Å². The second kappa shape index (κ2) is 14.2. The fraction of sp³-hybridized carbons (Fsp3) is 0.290. The number of benzene rings is 3. The number of hydrogen-bond acceptors (Lipinski definition) is 8. The Hall–Kier alpha value is -4.72. The largest absolute Gasteiger partial charge is 0.490 e. The first-order chi connectivity index (χ1) is 21.4. The third kappa shape index (κ3) is 7.08. The molecule has 2 heterocycles. The van der Waals surface area contributed by atoms with Crippen LogP contribution >= 0.6 is 0 Å². The SMILES string of the molecule is COCCOCCOc1ccc(F)c(F)c1C(=O)c1ccc(C(=O)N[C@@H]2CNC[C@H]2NC(=O)c2ccc3cn[nH]c3c2)cc1. The standard InChI is InChI=1S/C31H31F2N5O6/c1-42-10-11-43-12-13-44-26-9-8-22(32)28(33)27(26)29(39)18-2-4-19(5-3-18)30(40)36-24-16-34-17-25(24)37-31(41)20-6-7-21-15-35-38-23(21)14-20/h2-9,14-15,24-25,34H,10-13,16-17H2,1H3,(H,35,38)(H,36,40)(H,37,41)/t24-,25-/m1/s1. The normalized spacial score (nSPS) is 16.2. The summed E-state index contributed by atoms with van der Waals surface area (Å²) in [6.45, 7) is 1.78. The number of halogens is 2. The van der Waals surface area contributed by atoms with Crippen molar-refractivity contribution in [1.82, 2.24) is 26.1 Å². The number of amides is 2. The van der Waals surface area contributed by atoms with Crippen molar-refractivity contribution in [3.05, 3.63) is 94.7 Å². The van der Waals surface area contributed by atoms with E-state index in [9.17, 15) is 23.2 Å². The lowest BCUT2D eigenvalue weighted by Gasteiger charge is -2.21. The molecule has 0 unspecified atom stereocenters. The molecule has 1 saturated heterocycles. The van der Waals surface area contributed by atoms with Crippen molar-refractivity contribution in [3.8, 4) is 5.75 Å². The Morgan fingerprint density at radius 3 is 2.25 bits per heavy atom. The zero-order valence-electron chi connectivity index (χ0n) is 23.8. The van der Waals surface area contributed by atoms with Crippen LogP contribution in [0.1, 0.15) is 36.6 Å². The molecule has 11 nitrogen and oxygen atoms in total. The zero-order chi connectivity index (χ0) is 31.1. The summed E-state index contributed by atoms with van der Waals surface area (Å²) in [6, 6.07) is 12.1. The summed E-state index contributed by atoms with van der Waals surface area (Å²) in [5, 5.41) is 16.7. The first-order valence-corrected chi connectivity index (χ1v) is 13.9. The van der Waals surface area contributed by atoms with Crippen LogP contribution in [0.25, 0.3) is 10.9 Å². The van der Waals surface area contributed by atoms with Crippen LogP contribution < -0.4 is 20.7 Å². The minimum absolute atomic E-state index is 0.00509. The zero-order valence-corrected chi connectivity index (χ0v) is 23.8. The molecule has 1 fully saturated rings. The van der Waals surface area contributed by atoms with Crippen molar-refractivity contribution < 1.29 is 37.4 Å². The Bertz CT molecular complexity index is 1640. The van der Waals surface area contributed by atoms with Gasteiger partial charge in [0.2, 0.25) is 0 Å². The molecular weight excluding hydrogens is 576 g/mol. The molecule has 1 aliphatic heterocycles. The lowest BCUT2D eigenvalue weighted by atomic mass is 10.00. The minimum atomic E-state index is -1.33. The van der Waals surface area contributed by atoms with Gasteiger partial charge in [0.1, 0.15) is 17.9 Å². The Morgan fingerprint density at radius 2 is 1.52 bits per heavy atom. The fourth-order valence-corrected chi connectivity index (χ4v) is 4.80. The first kappa shape index (κ1) is 30.7. The van der Waals surface area contributed by atoms with E-state index in [2.05, 4.69) is 26.1 Å². The number of fused-ring (bicyclic) bond motifs is 1. The molecule has 4 N–H and O–H groups in total. The van der Waals surface area contributed by atoms with E-state index in [1.165, 1.54) is 37.4 Å². The van der Waals surface area contributed by atoms with Crippen molar-refractivity contribution >= 4 is 28.5 Å². The molecule has 230 valence electrons. The topological polar surface area (TPSA) is 144 Å². The van der Waals surface area contributed by atoms with E-state index in [0.29, 0.717) is 31.9 Å². The number of aromatic nitrogens is 2. The van der Waals surface area contributed by atoms with Crippen LogP contribution in [0.4, 0.5) is 8.78 Å². The number of nitrogens with one attached hydrogen (secondary N) is 4. The Labute approximate surface area is 251 Å². The number of rotatable bonds is 13. The van der Waals surface area contributed by atoms with Crippen LogP contribution in [0.2, 0.25) is 0 Å². The number of H-pyrrole nitrogens is 1. The van der Waals surface area contributed by atoms with Gasteiger partial charge >= 0.3 is 0 Å². The lowest BCUT2D eigenvalue weighted by molar-refractivity contribution is 0.0541. The van der Waals surface area contributed by atoms with Crippen molar-refractivity contribution in [2.24, 2.45) is 0 Å². The number of ether oxygens (including phenoxy) is 3. The number of carbonyl (C=O) groups excluding carboxylic acids is 3. The number of hydrogen-bond donors (Lipinski definition) is 4. The Kier molecular flexibility index (Phi) is 9.89. The molecule has 0 saturated carbocycles. The summed E-state index contributed by atoms with van der Waals surface area (Å²) in [6.07, 6.45) is 1.67. The first-order valence-electron chi connectivity index (χ1n) is 13.9. The molecule has 2 amide bonds. The molecule has 13 heteroatoms. The highest BCUT2D eigenvalue weighted by molar-refractivity contribution is 6.11. The van der Waals surface area contributed by atoms with Gasteiger partial charge in [0, 0.05) is 42.3 Å². The van der Waals surface area contributed by atoms with Crippen LogP contribution in [0.3, 0.4) is 0 Å². The molecule has 44 heavy (non-hydrogen) atoms. The number of carbonyl (C=O) groups is 3. The summed E-state index contributed by atoms with van der Waals surface area (Å²) < 4.78 is 44.6. The molecular formula is C31H31F2N5O6. The van der Waals surface area contributed by atoms with E-state index in [1.807, 2.05) is 0 Å². The maximum atomic E-state index is 14.8. The Morgan fingerprint density at radius 1 is 0.864 bits per heavy atom.